The lowest BCUT2D eigenvalue weighted by atomic mass is 9.82. The van der Waals surface area contributed by atoms with Crippen molar-refractivity contribution in [2.75, 3.05) is 0 Å². The summed E-state index contributed by atoms with van der Waals surface area (Å²) in [6.45, 7) is 3.63. The maximum atomic E-state index is 12.4. The van der Waals surface area contributed by atoms with Crippen molar-refractivity contribution in [2.24, 2.45) is 11.7 Å². The predicted octanol–water partition coefficient (Wildman–Crippen LogP) is 1.86. The van der Waals surface area contributed by atoms with Crippen molar-refractivity contribution < 1.29 is 14.4 Å². The summed E-state index contributed by atoms with van der Waals surface area (Å²) in [5, 5.41) is 7.78. The summed E-state index contributed by atoms with van der Waals surface area (Å²) in [7, 11) is 0. The van der Waals surface area contributed by atoms with Crippen molar-refractivity contribution in [3.8, 4) is 0 Å². The second-order valence-corrected chi connectivity index (χ2v) is 7.44. The van der Waals surface area contributed by atoms with Crippen LogP contribution in [0, 0.1) is 5.92 Å². The van der Waals surface area contributed by atoms with E-state index in [4.69, 9.17) is 5.73 Å². The Labute approximate surface area is 164 Å². The van der Waals surface area contributed by atoms with Gasteiger partial charge in [-0.3, -0.25) is 9.59 Å². The Morgan fingerprint density at radius 3 is 2.46 bits per heavy atom. The molecular weight excluding hydrogens is 356 g/mol. The molecule has 0 spiro atoms. The highest BCUT2D eigenvalue weighted by Crippen LogP contribution is 2.27. The molecule has 1 aliphatic carbocycles. The van der Waals surface area contributed by atoms with Gasteiger partial charge in [-0.2, -0.15) is 0 Å². The number of benzene rings is 1. The summed E-state index contributed by atoms with van der Waals surface area (Å²) in [5.41, 5.74) is 7.27. The number of hydrogen-bond donors (Lipinski definition) is 4. The Kier molecular flexibility index (Phi) is 6.13. The lowest BCUT2D eigenvalue weighted by Gasteiger charge is -2.30. The van der Waals surface area contributed by atoms with Crippen LogP contribution in [0.5, 0.6) is 0 Å². The molecule has 3 amide bonds. The quantitative estimate of drug-likeness (QED) is 0.601. The van der Waals surface area contributed by atoms with Crippen molar-refractivity contribution in [1.82, 2.24) is 16.0 Å². The predicted molar refractivity (Wildman–Crippen MR) is 106 cm³/mol. The number of rotatable bonds is 6. The molecule has 7 nitrogen and oxygen atoms in total. The first-order chi connectivity index (χ1) is 13.4. The number of ketones is 1. The zero-order chi connectivity index (χ0) is 20.1. The van der Waals surface area contributed by atoms with E-state index in [1.54, 1.807) is 0 Å². The van der Waals surface area contributed by atoms with Crippen LogP contribution in [0.15, 0.2) is 54.0 Å². The second kappa shape index (κ2) is 8.73. The molecule has 28 heavy (non-hydrogen) atoms. The van der Waals surface area contributed by atoms with Crippen molar-refractivity contribution in [2.45, 2.75) is 44.6 Å². The average Bonchev–Trinajstić information content (AvgIpc) is 2.67. The zero-order valence-corrected chi connectivity index (χ0v) is 15.8. The SMILES string of the molecule is C=C1NC(=O)NC(C(=O)NC2CCC(CC(=O)Cc3ccccc3)CC2)=C1N. The summed E-state index contributed by atoms with van der Waals surface area (Å²) in [4.78, 5) is 36.3. The molecule has 2 aliphatic rings. The number of Topliss-reactive ketones (excluding diaryl/α,β-unsaturated/α-hetero) is 1. The molecule has 1 aromatic rings. The Morgan fingerprint density at radius 2 is 1.79 bits per heavy atom. The minimum atomic E-state index is -0.523. The maximum absolute atomic E-state index is 12.4. The molecule has 0 saturated heterocycles. The average molecular weight is 382 g/mol. The minimum absolute atomic E-state index is 0.00771. The van der Waals surface area contributed by atoms with Gasteiger partial charge in [0.25, 0.3) is 5.91 Å². The van der Waals surface area contributed by atoms with Crippen LogP contribution in [-0.4, -0.2) is 23.8 Å². The molecule has 0 aromatic heterocycles. The van der Waals surface area contributed by atoms with Gasteiger partial charge in [0.2, 0.25) is 0 Å². The van der Waals surface area contributed by atoms with Crippen molar-refractivity contribution >= 4 is 17.7 Å². The van der Waals surface area contributed by atoms with Crippen LogP contribution >= 0.6 is 0 Å². The normalized spacial score (nSPS) is 22.3. The fraction of sp³-hybridized carbons (Fsp3) is 0.381. The summed E-state index contributed by atoms with van der Waals surface area (Å²) >= 11 is 0. The van der Waals surface area contributed by atoms with E-state index in [1.807, 2.05) is 30.3 Å². The number of hydrogen-bond acceptors (Lipinski definition) is 4. The van der Waals surface area contributed by atoms with Crippen molar-refractivity contribution in [3.05, 3.63) is 59.6 Å². The van der Waals surface area contributed by atoms with Gasteiger partial charge in [0.15, 0.2) is 0 Å². The molecule has 0 radical (unpaired) electrons. The van der Waals surface area contributed by atoms with Gasteiger partial charge >= 0.3 is 6.03 Å². The topological polar surface area (TPSA) is 113 Å². The van der Waals surface area contributed by atoms with E-state index in [1.165, 1.54) is 0 Å². The number of nitrogens with one attached hydrogen (secondary N) is 3. The first kappa shape index (κ1) is 19.7. The van der Waals surface area contributed by atoms with E-state index in [-0.39, 0.29) is 28.9 Å². The molecule has 1 saturated carbocycles. The molecule has 3 rings (SSSR count). The Bertz CT molecular complexity index is 808. The fourth-order valence-corrected chi connectivity index (χ4v) is 3.73. The molecule has 148 valence electrons. The standard InChI is InChI=1S/C21H26N4O3/c1-13-18(22)19(25-21(28)23-13)20(27)24-16-9-7-15(8-10-16)12-17(26)11-14-5-3-2-4-6-14/h2-6,15-16H,1,7-12,22H2,(H,24,27)(H2,23,25,28). The third-order valence-electron chi connectivity index (χ3n) is 5.27. The molecule has 0 unspecified atom stereocenters. The third kappa shape index (κ3) is 5.00. The minimum Gasteiger partial charge on any atom is -0.395 e. The lowest BCUT2D eigenvalue weighted by molar-refractivity contribution is -0.120. The number of urea groups is 1. The van der Waals surface area contributed by atoms with E-state index in [2.05, 4.69) is 22.5 Å². The summed E-state index contributed by atoms with van der Waals surface area (Å²) in [6, 6.07) is 9.26. The van der Waals surface area contributed by atoms with E-state index >= 15 is 0 Å². The largest absolute Gasteiger partial charge is 0.395 e. The van der Waals surface area contributed by atoms with Crippen molar-refractivity contribution in [1.29, 1.82) is 0 Å². The fourth-order valence-electron chi connectivity index (χ4n) is 3.73. The van der Waals surface area contributed by atoms with Gasteiger partial charge < -0.3 is 21.7 Å². The van der Waals surface area contributed by atoms with Crippen LogP contribution in [0.1, 0.15) is 37.7 Å². The molecule has 0 atom stereocenters. The van der Waals surface area contributed by atoms with Gasteiger partial charge in [0.1, 0.15) is 11.5 Å². The molecule has 1 aromatic carbocycles. The molecular formula is C21H26N4O3. The summed E-state index contributed by atoms with van der Waals surface area (Å²) in [5.74, 6) is 0.205. The lowest BCUT2D eigenvalue weighted by Crippen LogP contribution is -2.49. The summed E-state index contributed by atoms with van der Waals surface area (Å²) in [6.07, 6.45) is 4.43. The monoisotopic (exact) mass is 382 g/mol. The molecule has 0 bridgehead atoms. The second-order valence-electron chi connectivity index (χ2n) is 7.44. The first-order valence-electron chi connectivity index (χ1n) is 9.56. The third-order valence-corrected chi connectivity index (χ3v) is 5.27. The number of amides is 3. The zero-order valence-electron chi connectivity index (χ0n) is 15.8. The molecule has 1 fully saturated rings. The van der Waals surface area contributed by atoms with Crippen LogP contribution in [0.25, 0.3) is 0 Å². The number of nitrogens with two attached hydrogens (primary N) is 1. The van der Waals surface area contributed by atoms with Gasteiger partial charge in [-0.25, -0.2) is 4.79 Å². The van der Waals surface area contributed by atoms with Crippen LogP contribution < -0.4 is 21.7 Å². The first-order valence-corrected chi connectivity index (χ1v) is 9.56. The molecule has 7 heteroatoms. The van der Waals surface area contributed by atoms with Crippen molar-refractivity contribution in [3.63, 3.8) is 0 Å². The van der Waals surface area contributed by atoms with Crippen LogP contribution in [0.2, 0.25) is 0 Å². The van der Waals surface area contributed by atoms with Crippen LogP contribution in [0.3, 0.4) is 0 Å². The van der Waals surface area contributed by atoms with Gasteiger partial charge in [-0.05, 0) is 37.2 Å². The van der Waals surface area contributed by atoms with Crippen LogP contribution in [0.4, 0.5) is 4.79 Å². The van der Waals surface area contributed by atoms with Crippen LogP contribution in [-0.2, 0) is 16.0 Å². The summed E-state index contributed by atoms with van der Waals surface area (Å²) < 4.78 is 0. The Hall–Kier alpha value is -3.09. The molecule has 5 N–H and O–H groups in total. The van der Waals surface area contributed by atoms with Gasteiger partial charge in [0, 0.05) is 18.9 Å². The van der Waals surface area contributed by atoms with Gasteiger partial charge in [-0.15, -0.1) is 0 Å². The van der Waals surface area contributed by atoms with Gasteiger partial charge in [0.05, 0.1) is 11.4 Å². The highest BCUT2D eigenvalue weighted by Gasteiger charge is 2.28. The van der Waals surface area contributed by atoms with E-state index in [9.17, 15) is 14.4 Å². The van der Waals surface area contributed by atoms with E-state index in [0.717, 1.165) is 31.2 Å². The highest BCUT2D eigenvalue weighted by atomic mass is 16.2. The maximum Gasteiger partial charge on any atom is 0.323 e. The van der Waals surface area contributed by atoms with Gasteiger partial charge in [-0.1, -0.05) is 36.9 Å². The molecule has 1 aliphatic heterocycles. The Balaban J connectivity index is 1.46. The van der Waals surface area contributed by atoms with E-state index in [0.29, 0.717) is 18.8 Å². The highest BCUT2D eigenvalue weighted by molar-refractivity contribution is 6.00. The smallest absolute Gasteiger partial charge is 0.323 e. The number of carbonyl (C=O) groups is 3. The number of carbonyl (C=O) groups excluding carboxylic acids is 3. The Morgan fingerprint density at radius 1 is 1.11 bits per heavy atom. The molecule has 1 heterocycles. The van der Waals surface area contributed by atoms with E-state index < -0.39 is 11.9 Å².